The first-order valence-electron chi connectivity index (χ1n) is 7.80. The van der Waals surface area contributed by atoms with Crippen LogP contribution in [0.5, 0.6) is 0 Å². The fourth-order valence-electron chi connectivity index (χ4n) is 2.53. The van der Waals surface area contributed by atoms with Gasteiger partial charge in [-0.15, -0.1) is 0 Å². The lowest BCUT2D eigenvalue weighted by Crippen LogP contribution is -2.30. The predicted molar refractivity (Wildman–Crippen MR) is 96.5 cm³/mol. The van der Waals surface area contributed by atoms with Crippen LogP contribution in [0.25, 0.3) is 0 Å². The van der Waals surface area contributed by atoms with Crippen LogP contribution in [0.3, 0.4) is 0 Å². The van der Waals surface area contributed by atoms with Gasteiger partial charge in [0.25, 0.3) is 11.6 Å². The maximum absolute atomic E-state index is 12.9. The second kappa shape index (κ2) is 7.40. The minimum absolute atomic E-state index is 0.0318. The fraction of sp³-hybridized carbons (Fsp3) is 0.0500. The Morgan fingerprint density at radius 2 is 1.40 bits per heavy atom. The molecule has 5 heteroatoms. The SMILES string of the molecule is O=C(c1ccccc1)N(Cc1ccc([N+](=O)[O-])cc1)c1ccccc1. The number of para-hydroxylation sites is 1. The molecule has 0 spiro atoms. The summed E-state index contributed by atoms with van der Waals surface area (Å²) in [6.07, 6.45) is 0. The minimum Gasteiger partial charge on any atom is -0.304 e. The van der Waals surface area contributed by atoms with Crippen LogP contribution in [0.2, 0.25) is 0 Å². The second-order valence-electron chi connectivity index (χ2n) is 5.52. The Hall–Kier alpha value is -3.47. The van der Waals surface area contributed by atoms with E-state index in [0.29, 0.717) is 12.1 Å². The van der Waals surface area contributed by atoms with Crippen LogP contribution in [-0.2, 0) is 6.54 Å². The summed E-state index contributed by atoms with van der Waals surface area (Å²) in [5.74, 6) is -0.120. The molecule has 3 rings (SSSR count). The molecule has 0 aliphatic carbocycles. The molecule has 0 heterocycles. The summed E-state index contributed by atoms with van der Waals surface area (Å²) in [6.45, 7) is 0.329. The number of hydrogen-bond donors (Lipinski definition) is 0. The van der Waals surface area contributed by atoms with Gasteiger partial charge in [0.15, 0.2) is 0 Å². The van der Waals surface area contributed by atoms with E-state index >= 15 is 0 Å². The Balaban J connectivity index is 1.92. The molecule has 0 radical (unpaired) electrons. The third kappa shape index (κ3) is 3.90. The average molecular weight is 332 g/mol. The first kappa shape index (κ1) is 16.4. The van der Waals surface area contributed by atoms with Gasteiger partial charge in [0.1, 0.15) is 0 Å². The minimum atomic E-state index is -0.437. The molecule has 0 saturated heterocycles. The smallest absolute Gasteiger partial charge is 0.269 e. The molecule has 3 aromatic carbocycles. The summed E-state index contributed by atoms with van der Waals surface area (Å²) in [6, 6.07) is 24.7. The Morgan fingerprint density at radius 3 is 1.96 bits per heavy atom. The number of nitro groups is 1. The van der Waals surface area contributed by atoms with Gasteiger partial charge >= 0.3 is 0 Å². The zero-order valence-corrected chi connectivity index (χ0v) is 13.4. The molecule has 0 aliphatic rings. The van der Waals surface area contributed by atoms with Gasteiger partial charge < -0.3 is 4.90 Å². The van der Waals surface area contributed by atoms with Crippen LogP contribution >= 0.6 is 0 Å². The summed E-state index contributed by atoms with van der Waals surface area (Å²) in [7, 11) is 0. The van der Waals surface area contributed by atoms with Crippen molar-refractivity contribution in [3.63, 3.8) is 0 Å². The number of benzene rings is 3. The second-order valence-corrected chi connectivity index (χ2v) is 5.52. The third-order valence-corrected chi connectivity index (χ3v) is 3.82. The van der Waals surface area contributed by atoms with E-state index in [4.69, 9.17) is 0 Å². The molecule has 1 amide bonds. The van der Waals surface area contributed by atoms with Gasteiger partial charge in [-0.2, -0.15) is 0 Å². The van der Waals surface area contributed by atoms with E-state index in [1.54, 1.807) is 29.2 Å². The molecule has 3 aromatic rings. The highest BCUT2D eigenvalue weighted by Gasteiger charge is 2.18. The van der Waals surface area contributed by atoms with Crippen LogP contribution in [0.4, 0.5) is 11.4 Å². The maximum Gasteiger partial charge on any atom is 0.269 e. The van der Waals surface area contributed by atoms with Crippen molar-refractivity contribution in [3.05, 3.63) is 106 Å². The highest BCUT2D eigenvalue weighted by molar-refractivity contribution is 6.05. The summed E-state index contributed by atoms with van der Waals surface area (Å²) >= 11 is 0. The summed E-state index contributed by atoms with van der Waals surface area (Å²) in [5, 5.41) is 10.8. The molecule has 0 unspecified atom stereocenters. The number of nitrogens with zero attached hydrogens (tertiary/aromatic N) is 2. The van der Waals surface area contributed by atoms with Crippen molar-refractivity contribution >= 4 is 17.3 Å². The van der Waals surface area contributed by atoms with Crippen LogP contribution in [0.15, 0.2) is 84.9 Å². The van der Waals surface area contributed by atoms with Crippen LogP contribution in [0.1, 0.15) is 15.9 Å². The highest BCUT2D eigenvalue weighted by atomic mass is 16.6. The molecule has 0 bridgehead atoms. The number of anilines is 1. The van der Waals surface area contributed by atoms with Gasteiger partial charge in [0.2, 0.25) is 0 Å². The van der Waals surface area contributed by atoms with E-state index < -0.39 is 4.92 Å². The van der Waals surface area contributed by atoms with Gasteiger partial charge in [0.05, 0.1) is 11.5 Å². The van der Waals surface area contributed by atoms with E-state index in [2.05, 4.69) is 0 Å². The fourth-order valence-corrected chi connectivity index (χ4v) is 2.53. The van der Waals surface area contributed by atoms with Crippen molar-refractivity contribution in [2.45, 2.75) is 6.54 Å². The van der Waals surface area contributed by atoms with E-state index in [1.807, 2.05) is 48.5 Å². The standard InChI is InChI=1S/C20H16N2O3/c23-20(17-7-3-1-4-8-17)21(18-9-5-2-6-10-18)15-16-11-13-19(14-12-16)22(24)25/h1-14H,15H2. The molecule has 0 saturated carbocycles. The average Bonchev–Trinajstić information content (AvgIpc) is 2.67. The number of rotatable bonds is 5. The number of hydrogen-bond acceptors (Lipinski definition) is 3. The van der Waals surface area contributed by atoms with E-state index in [1.165, 1.54) is 12.1 Å². The number of carbonyl (C=O) groups is 1. The molecular weight excluding hydrogens is 316 g/mol. The monoisotopic (exact) mass is 332 g/mol. The lowest BCUT2D eigenvalue weighted by atomic mass is 10.1. The maximum atomic E-state index is 12.9. The zero-order chi connectivity index (χ0) is 17.6. The van der Waals surface area contributed by atoms with Gasteiger partial charge in [-0.1, -0.05) is 48.5 Å². The molecule has 25 heavy (non-hydrogen) atoms. The molecule has 0 atom stereocenters. The Bertz CT molecular complexity index is 862. The summed E-state index contributed by atoms with van der Waals surface area (Å²) < 4.78 is 0. The largest absolute Gasteiger partial charge is 0.304 e. The summed E-state index contributed by atoms with van der Waals surface area (Å²) in [4.78, 5) is 25.0. The number of non-ortho nitro benzene ring substituents is 1. The normalized spacial score (nSPS) is 10.2. The topological polar surface area (TPSA) is 63.5 Å². The molecular formula is C20H16N2O3. The van der Waals surface area contributed by atoms with Crippen molar-refractivity contribution in [1.29, 1.82) is 0 Å². The molecule has 0 aliphatic heterocycles. The highest BCUT2D eigenvalue weighted by Crippen LogP contribution is 2.21. The third-order valence-electron chi connectivity index (χ3n) is 3.82. The first-order chi connectivity index (χ1) is 12.1. The molecule has 5 nitrogen and oxygen atoms in total. The lowest BCUT2D eigenvalue weighted by Gasteiger charge is -2.23. The Kier molecular flexibility index (Phi) is 4.85. The van der Waals surface area contributed by atoms with Gasteiger partial charge in [-0.25, -0.2) is 0 Å². The van der Waals surface area contributed by atoms with Crippen molar-refractivity contribution in [1.82, 2.24) is 0 Å². The van der Waals surface area contributed by atoms with Gasteiger partial charge in [-0.3, -0.25) is 14.9 Å². The van der Waals surface area contributed by atoms with Crippen LogP contribution < -0.4 is 4.90 Å². The quantitative estimate of drug-likeness (QED) is 0.512. The van der Waals surface area contributed by atoms with Crippen molar-refractivity contribution < 1.29 is 9.72 Å². The zero-order valence-electron chi connectivity index (χ0n) is 13.4. The van der Waals surface area contributed by atoms with Gasteiger partial charge in [-0.05, 0) is 29.8 Å². The predicted octanol–water partition coefficient (Wildman–Crippen LogP) is 4.44. The molecule has 124 valence electrons. The van der Waals surface area contributed by atoms with E-state index in [0.717, 1.165) is 11.3 Å². The van der Waals surface area contributed by atoms with Gasteiger partial charge in [0, 0.05) is 23.4 Å². The molecule has 0 fully saturated rings. The lowest BCUT2D eigenvalue weighted by molar-refractivity contribution is -0.384. The van der Waals surface area contributed by atoms with E-state index in [-0.39, 0.29) is 11.6 Å². The van der Waals surface area contributed by atoms with E-state index in [9.17, 15) is 14.9 Å². The number of amides is 1. The van der Waals surface area contributed by atoms with Crippen molar-refractivity contribution in [3.8, 4) is 0 Å². The first-order valence-corrected chi connectivity index (χ1v) is 7.80. The van der Waals surface area contributed by atoms with Crippen molar-refractivity contribution in [2.24, 2.45) is 0 Å². The molecule has 0 N–H and O–H groups in total. The van der Waals surface area contributed by atoms with Crippen molar-refractivity contribution in [2.75, 3.05) is 4.90 Å². The summed E-state index contributed by atoms with van der Waals surface area (Å²) in [5.41, 5.74) is 2.21. The number of carbonyl (C=O) groups excluding carboxylic acids is 1. The Labute approximate surface area is 145 Å². The van der Waals surface area contributed by atoms with Crippen LogP contribution in [0, 0.1) is 10.1 Å². The number of nitro benzene ring substituents is 1. The van der Waals surface area contributed by atoms with Crippen LogP contribution in [-0.4, -0.2) is 10.8 Å². The Morgan fingerprint density at radius 1 is 0.840 bits per heavy atom. The molecule has 0 aromatic heterocycles.